The van der Waals surface area contributed by atoms with Crippen LogP contribution in [0.2, 0.25) is 0 Å². The van der Waals surface area contributed by atoms with Gasteiger partial charge in [0.25, 0.3) is 5.24 Å². The van der Waals surface area contributed by atoms with E-state index in [0.29, 0.717) is 5.56 Å². The Kier molecular flexibility index (Phi) is 5.40. The van der Waals surface area contributed by atoms with Crippen molar-refractivity contribution in [2.45, 2.75) is 32.6 Å². The van der Waals surface area contributed by atoms with Gasteiger partial charge >= 0.3 is 0 Å². The third-order valence-corrected chi connectivity index (χ3v) is 3.69. The lowest BCUT2D eigenvalue weighted by Crippen LogP contribution is -2.34. The maximum Gasteiger partial charge on any atom is 0.254 e. The normalized spacial score (nSPS) is 20.1. The number of anilines is 1. The lowest BCUT2D eigenvalue weighted by atomic mass is 10.2. The van der Waals surface area contributed by atoms with E-state index in [2.05, 4.69) is 17.1 Å². The van der Waals surface area contributed by atoms with Gasteiger partial charge in [0.15, 0.2) is 0 Å². The standard InChI is InChI=1S/C15H21ClN2O2/c1-3-17-11(2)20-12-8-9-18(10-12)14-7-5-4-6-13(14)15(16)19/h4-7,11-12,17H,3,8-10H2,1-2H3/t11?,12-/m0/s1. The summed E-state index contributed by atoms with van der Waals surface area (Å²) >= 11 is 5.64. The summed E-state index contributed by atoms with van der Waals surface area (Å²) in [5, 5.41) is 2.83. The summed E-state index contributed by atoms with van der Waals surface area (Å²) in [6, 6.07) is 7.45. The fraction of sp³-hybridized carbons (Fsp3) is 0.533. The molecule has 0 bridgehead atoms. The third kappa shape index (κ3) is 3.72. The highest BCUT2D eigenvalue weighted by Crippen LogP contribution is 2.27. The predicted molar refractivity (Wildman–Crippen MR) is 81.5 cm³/mol. The van der Waals surface area contributed by atoms with Crippen molar-refractivity contribution >= 4 is 22.5 Å². The van der Waals surface area contributed by atoms with Crippen molar-refractivity contribution in [3.8, 4) is 0 Å². The molecule has 1 fully saturated rings. The Bertz CT molecular complexity index is 467. The lowest BCUT2D eigenvalue weighted by molar-refractivity contribution is -0.00714. The molecule has 0 aliphatic carbocycles. The number of halogens is 1. The van der Waals surface area contributed by atoms with Crippen molar-refractivity contribution < 1.29 is 9.53 Å². The Morgan fingerprint density at radius 1 is 1.55 bits per heavy atom. The van der Waals surface area contributed by atoms with Gasteiger partial charge in [-0.3, -0.25) is 10.1 Å². The molecule has 1 saturated heterocycles. The Balaban J connectivity index is 2.01. The quantitative estimate of drug-likeness (QED) is 0.647. The van der Waals surface area contributed by atoms with Gasteiger partial charge in [-0.15, -0.1) is 0 Å². The van der Waals surface area contributed by atoms with E-state index in [4.69, 9.17) is 16.3 Å². The van der Waals surface area contributed by atoms with Crippen LogP contribution in [0.25, 0.3) is 0 Å². The first-order valence-corrected chi connectivity index (χ1v) is 7.42. The predicted octanol–water partition coefficient (Wildman–Crippen LogP) is 2.62. The van der Waals surface area contributed by atoms with Crippen molar-refractivity contribution in [1.82, 2.24) is 5.32 Å². The zero-order valence-electron chi connectivity index (χ0n) is 11.9. The summed E-state index contributed by atoms with van der Waals surface area (Å²) in [6.45, 7) is 6.63. The number of benzene rings is 1. The van der Waals surface area contributed by atoms with Crippen molar-refractivity contribution in [1.29, 1.82) is 0 Å². The van der Waals surface area contributed by atoms with Crippen molar-refractivity contribution in [2.24, 2.45) is 0 Å². The fourth-order valence-corrected chi connectivity index (χ4v) is 2.76. The molecule has 1 heterocycles. The summed E-state index contributed by atoms with van der Waals surface area (Å²) < 4.78 is 5.93. The van der Waals surface area contributed by atoms with Crippen molar-refractivity contribution in [3.63, 3.8) is 0 Å². The number of hydrogen-bond donors (Lipinski definition) is 1. The summed E-state index contributed by atoms with van der Waals surface area (Å²) in [4.78, 5) is 13.6. The molecule has 4 nitrogen and oxygen atoms in total. The molecule has 1 aliphatic rings. The molecule has 2 rings (SSSR count). The maximum atomic E-state index is 11.5. The number of hydrogen-bond acceptors (Lipinski definition) is 4. The fourth-order valence-electron chi connectivity index (χ4n) is 2.60. The largest absolute Gasteiger partial charge is 0.368 e. The van der Waals surface area contributed by atoms with Gasteiger partial charge in [0.05, 0.1) is 11.7 Å². The number of nitrogens with zero attached hydrogens (tertiary/aromatic N) is 1. The average Bonchev–Trinajstić information content (AvgIpc) is 2.87. The Hall–Kier alpha value is -1.10. The van der Waals surface area contributed by atoms with Gasteiger partial charge in [-0.2, -0.15) is 0 Å². The summed E-state index contributed by atoms with van der Waals surface area (Å²) in [5.74, 6) is 0. The molecule has 0 radical (unpaired) electrons. The van der Waals surface area contributed by atoms with Gasteiger partial charge in [0.1, 0.15) is 6.23 Å². The number of rotatable bonds is 6. The SMILES string of the molecule is CCNC(C)O[C@H]1CCN(c2ccccc2C(=O)Cl)C1. The monoisotopic (exact) mass is 296 g/mol. The van der Waals surface area contributed by atoms with E-state index in [0.717, 1.165) is 31.7 Å². The van der Waals surface area contributed by atoms with Crippen LogP contribution >= 0.6 is 11.6 Å². The van der Waals surface area contributed by atoms with Gasteiger partial charge in [-0.1, -0.05) is 19.1 Å². The second kappa shape index (κ2) is 7.07. The Labute approximate surface area is 125 Å². The second-order valence-electron chi connectivity index (χ2n) is 4.98. The van der Waals surface area contributed by atoms with Gasteiger partial charge in [0.2, 0.25) is 0 Å². The van der Waals surface area contributed by atoms with Crippen LogP contribution in [0.3, 0.4) is 0 Å². The average molecular weight is 297 g/mol. The Morgan fingerprint density at radius 2 is 2.30 bits per heavy atom. The molecular formula is C15H21ClN2O2. The van der Waals surface area contributed by atoms with Crippen LogP contribution in [0.5, 0.6) is 0 Å². The molecule has 0 saturated carbocycles. The summed E-state index contributed by atoms with van der Waals surface area (Å²) in [6.07, 6.45) is 1.19. The molecule has 2 atom stereocenters. The van der Waals surface area contributed by atoms with E-state index in [9.17, 15) is 4.79 Å². The first kappa shape index (κ1) is 15.3. The first-order chi connectivity index (χ1) is 9.61. The first-order valence-electron chi connectivity index (χ1n) is 7.04. The Morgan fingerprint density at radius 3 is 3.00 bits per heavy atom. The van der Waals surface area contributed by atoms with Gasteiger partial charge in [-0.05, 0) is 43.6 Å². The topological polar surface area (TPSA) is 41.6 Å². The molecule has 0 amide bonds. The number of ether oxygens (including phenoxy) is 1. The van der Waals surface area contributed by atoms with E-state index in [1.165, 1.54) is 0 Å². The van der Waals surface area contributed by atoms with Crippen molar-refractivity contribution in [3.05, 3.63) is 29.8 Å². The number of nitrogens with one attached hydrogen (secondary N) is 1. The van der Waals surface area contributed by atoms with Crippen LogP contribution in [-0.4, -0.2) is 37.2 Å². The molecule has 0 aromatic heterocycles. The summed E-state index contributed by atoms with van der Waals surface area (Å²) in [7, 11) is 0. The highest BCUT2D eigenvalue weighted by molar-refractivity contribution is 6.68. The zero-order valence-corrected chi connectivity index (χ0v) is 12.7. The molecular weight excluding hydrogens is 276 g/mol. The molecule has 110 valence electrons. The molecule has 20 heavy (non-hydrogen) atoms. The molecule has 1 N–H and O–H groups in total. The van der Waals surface area contributed by atoms with E-state index >= 15 is 0 Å². The minimum Gasteiger partial charge on any atom is -0.368 e. The smallest absolute Gasteiger partial charge is 0.254 e. The van der Waals surface area contributed by atoms with E-state index in [1.54, 1.807) is 6.07 Å². The number of para-hydroxylation sites is 1. The zero-order chi connectivity index (χ0) is 14.5. The van der Waals surface area contributed by atoms with Crippen LogP contribution in [0.1, 0.15) is 30.6 Å². The maximum absolute atomic E-state index is 11.5. The van der Waals surface area contributed by atoms with E-state index < -0.39 is 5.24 Å². The minimum absolute atomic E-state index is 0.0508. The number of carbonyl (C=O) groups excluding carboxylic acids is 1. The second-order valence-corrected chi connectivity index (χ2v) is 5.33. The van der Waals surface area contributed by atoms with Gasteiger partial charge < -0.3 is 9.64 Å². The van der Waals surface area contributed by atoms with Crippen LogP contribution in [0.4, 0.5) is 5.69 Å². The van der Waals surface area contributed by atoms with Crippen molar-refractivity contribution in [2.75, 3.05) is 24.5 Å². The molecule has 5 heteroatoms. The highest BCUT2D eigenvalue weighted by atomic mass is 35.5. The number of carbonyl (C=O) groups is 1. The van der Waals surface area contributed by atoms with Crippen LogP contribution in [-0.2, 0) is 4.74 Å². The van der Waals surface area contributed by atoms with Crippen LogP contribution in [0, 0.1) is 0 Å². The van der Waals surface area contributed by atoms with Gasteiger partial charge in [0, 0.05) is 18.8 Å². The highest BCUT2D eigenvalue weighted by Gasteiger charge is 2.26. The molecule has 1 aromatic rings. The lowest BCUT2D eigenvalue weighted by Gasteiger charge is -2.22. The third-order valence-electron chi connectivity index (χ3n) is 3.49. The minimum atomic E-state index is -0.411. The molecule has 1 unspecified atom stereocenters. The molecule has 0 spiro atoms. The van der Waals surface area contributed by atoms with Crippen LogP contribution < -0.4 is 10.2 Å². The van der Waals surface area contributed by atoms with E-state index in [1.807, 2.05) is 25.1 Å². The van der Waals surface area contributed by atoms with Gasteiger partial charge in [-0.25, -0.2) is 0 Å². The molecule has 1 aliphatic heterocycles. The molecule has 1 aromatic carbocycles. The van der Waals surface area contributed by atoms with Crippen LogP contribution in [0.15, 0.2) is 24.3 Å². The van der Waals surface area contributed by atoms with E-state index in [-0.39, 0.29) is 12.3 Å². The summed E-state index contributed by atoms with van der Waals surface area (Å²) in [5.41, 5.74) is 1.46.